The standard InChI is InChI=1S/C10H20Cl2N2O2S/c1-9-3-5-14(6-4-9)17(15,16)13-10(2,7-11)8-12/h9,13H,3-8H2,1-2H3. The molecule has 1 saturated heterocycles. The fourth-order valence-electron chi connectivity index (χ4n) is 1.69. The van der Waals surface area contributed by atoms with Crippen LogP contribution in [-0.4, -0.2) is 43.1 Å². The van der Waals surface area contributed by atoms with Gasteiger partial charge in [-0.2, -0.15) is 17.4 Å². The Kier molecular flexibility index (Phi) is 5.53. The van der Waals surface area contributed by atoms with Gasteiger partial charge in [0.2, 0.25) is 0 Å². The summed E-state index contributed by atoms with van der Waals surface area (Å²) < 4.78 is 28.3. The molecule has 0 bridgehead atoms. The predicted molar refractivity (Wildman–Crippen MR) is 71.9 cm³/mol. The van der Waals surface area contributed by atoms with Crippen LogP contribution in [0.5, 0.6) is 0 Å². The van der Waals surface area contributed by atoms with Crippen LogP contribution in [0.25, 0.3) is 0 Å². The van der Waals surface area contributed by atoms with Crippen molar-refractivity contribution in [2.75, 3.05) is 24.8 Å². The van der Waals surface area contributed by atoms with Gasteiger partial charge < -0.3 is 0 Å². The third-order valence-electron chi connectivity index (χ3n) is 3.05. The lowest BCUT2D eigenvalue weighted by atomic mass is 10.0. The lowest BCUT2D eigenvalue weighted by molar-refractivity contribution is 0.281. The quantitative estimate of drug-likeness (QED) is 0.787. The smallest absolute Gasteiger partial charge is 0.195 e. The second-order valence-electron chi connectivity index (χ2n) is 5.02. The maximum Gasteiger partial charge on any atom is 0.280 e. The maximum atomic E-state index is 12.1. The van der Waals surface area contributed by atoms with Crippen LogP contribution in [0.15, 0.2) is 0 Å². The average Bonchev–Trinajstić information content (AvgIpc) is 2.29. The van der Waals surface area contributed by atoms with Crippen molar-refractivity contribution in [2.45, 2.75) is 32.2 Å². The fourth-order valence-corrected chi connectivity index (χ4v) is 3.86. The van der Waals surface area contributed by atoms with Gasteiger partial charge in [-0.3, -0.25) is 0 Å². The van der Waals surface area contributed by atoms with E-state index in [9.17, 15) is 8.42 Å². The van der Waals surface area contributed by atoms with Gasteiger partial charge in [0.25, 0.3) is 10.2 Å². The van der Waals surface area contributed by atoms with Gasteiger partial charge in [-0.1, -0.05) is 6.92 Å². The molecular weight excluding hydrogens is 283 g/mol. The van der Waals surface area contributed by atoms with Gasteiger partial charge >= 0.3 is 0 Å². The van der Waals surface area contributed by atoms with Crippen LogP contribution in [0.2, 0.25) is 0 Å². The summed E-state index contributed by atoms with van der Waals surface area (Å²) in [5.74, 6) is 0.897. The molecular formula is C10H20Cl2N2O2S. The molecule has 7 heteroatoms. The number of nitrogens with one attached hydrogen (secondary N) is 1. The summed E-state index contributed by atoms with van der Waals surface area (Å²) in [7, 11) is -3.47. The number of hydrogen-bond acceptors (Lipinski definition) is 2. The van der Waals surface area contributed by atoms with Gasteiger partial charge in [0.1, 0.15) is 0 Å². The molecule has 0 unspecified atom stereocenters. The molecule has 17 heavy (non-hydrogen) atoms. The van der Waals surface area contributed by atoms with E-state index >= 15 is 0 Å². The predicted octanol–water partition coefficient (Wildman–Crippen LogP) is 1.79. The van der Waals surface area contributed by atoms with Crippen molar-refractivity contribution in [3.05, 3.63) is 0 Å². The topological polar surface area (TPSA) is 49.4 Å². The summed E-state index contributed by atoms with van der Waals surface area (Å²) >= 11 is 11.5. The number of piperidine rings is 1. The van der Waals surface area contributed by atoms with E-state index in [1.165, 1.54) is 4.31 Å². The molecule has 1 aliphatic heterocycles. The number of alkyl halides is 2. The Hall–Kier alpha value is 0.450. The minimum Gasteiger partial charge on any atom is -0.195 e. The van der Waals surface area contributed by atoms with E-state index in [4.69, 9.17) is 23.2 Å². The van der Waals surface area contributed by atoms with E-state index in [0.29, 0.717) is 19.0 Å². The molecule has 1 rings (SSSR count). The number of hydrogen-bond donors (Lipinski definition) is 1. The van der Waals surface area contributed by atoms with Crippen molar-refractivity contribution < 1.29 is 8.42 Å². The van der Waals surface area contributed by atoms with Crippen molar-refractivity contribution in [2.24, 2.45) is 5.92 Å². The fraction of sp³-hybridized carbons (Fsp3) is 1.00. The van der Waals surface area contributed by atoms with Gasteiger partial charge in [-0.25, -0.2) is 0 Å². The molecule has 0 aromatic heterocycles. The molecule has 0 aliphatic carbocycles. The Labute approximate surface area is 114 Å². The molecule has 0 radical (unpaired) electrons. The van der Waals surface area contributed by atoms with E-state index in [1.807, 2.05) is 0 Å². The highest BCUT2D eigenvalue weighted by atomic mass is 35.5. The Morgan fingerprint density at radius 1 is 1.29 bits per heavy atom. The Morgan fingerprint density at radius 3 is 2.18 bits per heavy atom. The summed E-state index contributed by atoms with van der Waals surface area (Å²) in [6, 6.07) is 0. The largest absolute Gasteiger partial charge is 0.280 e. The number of nitrogens with zero attached hydrogens (tertiary/aromatic N) is 1. The molecule has 0 atom stereocenters. The van der Waals surface area contributed by atoms with Crippen LogP contribution in [0.3, 0.4) is 0 Å². The first-order chi connectivity index (χ1) is 7.83. The molecule has 1 heterocycles. The summed E-state index contributed by atoms with van der Waals surface area (Å²) in [4.78, 5) is 0. The van der Waals surface area contributed by atoms with Crippen molar-refractivity contribution in [1.82, 2.24) is 9.03 Å². The Morgan fingerprint density at radius 2 is 1.76 bits per heavy atom. The van der Waals surface area contributed by atoms with Crippen molar-refractivity contribution in [3.63, 3.8) is 0 Å². The second kappa shape index (κ2) is 6.06. The molecule has 0 spiro atoms. The summed E-state index contributed by atoms with van der Waals surface area (Å²) in [6.45, 7) is 4.98. The van der Waals surface area contributed by atoms with E-state index in [-0.39, 0.29) is 11.8 Å². The summed E-state index contributed by atoms with van der Waals surface area (Å²) in [5, 5.41) is 0. The number of halogens is 2. The lowest BCUT2D eigenvalue weighted by Gasteiger charge is -2.33. The van der Waals surface area contributed by atoms with Gasteiger partial charge in [-0.15, -0.1) is 23.2 Å². The molecule has 102 valence electrons. The third-order valence-corrected chi connectivity index (χ3v) is 6.02. The van der Waals surface area contributed by atoms with Crippen LogP contribution in [-0.2, 0) is 10.2 Å². The minimum atomic E-state index is -3.47. The molecule has 0 amide bonds. The van der Waals surface area contributed by atoms with Gasteiger partial charge in [-0.05, 0) is 25.7 Å². The highest BCUT2D eigenvalue weighted by Gasteiger charge is 2.33. The van der Waals surface area contributed by atoms with Crippen LogP contribution in [0, 0.1) is 5.92 Å². The van der Waals surface area contributed by atoms with Gasteiger partial charge in [0.05, 0.1) is 5.54 Å². The van der Waals surface area contributed by atoms with Crippen LogP contribution in [0.4, 0.5) is 0 Å². The molecule has 1 fully saturated rings. The Bertz CT molecular complexity index is 336. The molecule has 4 nitrogen and oxygen atoms in total. The average molecular weight is 303 g/mol. The maximum absolute atomic E-state index is 12.1. The van der Waals surface area contributed by atoms with Gasteiger partial charge in [0.15, 0.2) is 0 Å². The SMILES string of the molecule is CC1CCN(S(=O)(=O)NC(C)(CCl)CCl)CC1. The van der Waals surface area contributed by atoms with Crippen molar-refractivity contribution >= 4 is 33.4 Å². The monoisotopic (exact) mass is 302 g/mol. The van der Waals surface area contributed by atoms with E-state index < -0.39 is 15.7 Å². The highest BCUT2D eigenvalue weighted by Crippen LogP contribution is 2.20. The zero-order chi connectivity index (χ0) is 13.1. The molecule has 1 N–H and O–H groups in total. The van der Waals surface area contributed by atoms with Gasteiger partial charge in [0, 0.05) is 24.8 Å². The summed E-state index contributed by atoms with van der Waals surface area (Å²) in [5.41, 5.74) is -0.787. The first-order valence-electron chi connectivity index (χ1n) is 5.74. The first kappa shape index (κ1) is 15.5. The summed E-state index contributed by atoms with van der Waals surface area (Å²) in [6.07, 6.45) is 1.80. The molecule has 0 aromatic rings. The normalized spacial score (nSPS) is 20.7. The van der Waals surface area contributed by atoms with Crippen molar-refractivity contribution in [1.29, 1.82) is 0 Å². The lowest BCUT2D eigenvalue weighted by Crippen LogP contribution is -2.55. The zero-order valence-corrected chi connectivity index (χ0v) is 12.6. The molecule has 0 aromatic carbocycles. The van der Waals surface area contributed by atoms with Crippen LogP contribution < -0.4 is 4.72 Å². The first-order valence-corrected chi connectivity index (χ1v) is 8.25. The Balaban J connectivity index is 2.68. The van der Waals surface area contributed by atoms with E-state index in [2.05, 4.69) is 11.6 Å². The molecule has 1 aliphatic rings. The van der Waals surface area contributed by atoms with E-state index in [0.717, 1.165) is 12.8 Å². The number of rotatable bonds is 5. The van der Waals surface area contributed by atoms with Crippen molar-refractivity contribution in [3.8, 4) is 0 Å². The van der Waals surface area contributed by atoms with Crippen LogP contribution in [0.1, 0.15) is 26.7 Å². The highest BCUT2D eigenvalue weighted by molar-refractivity contribution is 7.87. The molecule has 0 saturated carbocycles. The minimum absolute atomic E-state index is 0.153. The van der Waals surface area contributed by atoms with Crippen LogP contribution >= 0.6 is 23.2 Å². The zero-order valence-electron chi connectivity index (χ0n) is 10.2. The third kappa shape index (κ3) is 4.24. The second-order valence-corrected chi connectivity index (χ2v) is 7.22. The van der Waals surface area contributed by atoms with E-state index in [1.54, 1.807) is 6.92 Å².